The zero-order valence-electron chi connectivity index (χ0n) is 19.2. The highest BCUT2D eigenvalue weighted by Gasteiger charge is 2.32. The van der Waals surface area contributed by atoms with E-state index < -0.39 is 5.97 Å². The Labute approximate surface area is 217 Å². The minimum atomic E-state index is -1.02. The first-order chi connectivity index (χ1) is 16.6. The number of thioether (sulfide) groups is 1. The first kappa shape index (κ1) is 26.5. The van der Waals surface area contributed by atoms with Crippen molar-refractivity contribution in [3.63, 3.8) is 0 Å². The van der Waals surface area contributed by atoms with Gasteiger partial charge in [0.2, 0.25) is 0 Å². The summed E-state index contributed by atoms with van der Waals surface area (Å²) in [4.78, 5) is 37.4. The number of hydrogen-bond acceptors (Lipinski definition) is 7. The molecular weight excluding hydrogens is 512 g/mol. The van der Waals surface area contributed by atoms with Crippen molar-refractivity contribution in [3.8, 4) is 11.5 Å². The maximum absolute atomic E-state index is 12.6. The van der Waals surface area contributed by atoms with E-state index >= 15 is 0 Å². The van der Waals surface area contributed by atoms with Crippen LogP contribution in [0.1, 0.15) is 23.1 Å². The highest BCUT2D eigenvalue weighted by molar-refractivity contribution is 8.26. The van der Waals surface area contributed by atoms with Crippen molar-refractivity contribution in [1.29, 1.82) is 0 Å². The quantitative estimate of drug-likeness (QED) is 0.353. The van der Waals surface area contributed by atoms with Crippen molar-refractivity contribution in [2.24, 2.45) is 0 Å². The molecule has 1 saturated heterocycles. The number of aliphatic carboxylic acids is 1. The fourth-order valence-electron chi connectivity index (χ4n) is 3.29. The van der Waals surface area contributed by atoms with Gasteiger partial charge in [0, 0.05) is 12.2 Å². The van der Waals surface area contributed by atoms with Crippen LogP contribution in [0.3, 0.4) is 0 Å². The number of ether oxygens (including phenoxy) is 2. The number of carbonyl (C=O) groups excluding carboxylic acids is 2. The standard InChI is InChI=1S/C24H23ClN2O6S2/c1-13-4-5-17(14(2)8-13)26-20(28)12-33-22-16(25)9-15(10-18(22)32-3)11-19-23(31)27(24(34)35-19)7-6-21(29)30/h4-5,8-11H,6-7,12H2,1-3H3,(H,26,28)(H,29,30)/b19-11-. The summed E-state index contributed by atoms with van der Waals surface area (Å²) in [6.45, 7) is 3.59. The lowest BCUT2D eigenvalue weighted by molar-refractivity contribution is -0.137. The van der Waals surface area contributed by atoms with E-state index in [1.54, 1.807) is 18.2 Å². The molecule has 35 heavy (non-hydrogen) atoms. The molecule has 2 aromatic rings. The van der Waals surface area contributed by atoms with Gasteiger partial charge in [-0.1, -0.05) is 53.3 Å². The molecule has 0 bridgehead atoms. The van der Waals surface area contributed by atoms with Gasteiger partial charge in [0.1, 0.15) is 4.32 Å². The summed E-state index contributed by atoms with van der Waals surface area (Å²) in [5.41, 5.74) is 3.28. The van der Waals surface area contributed by atoms with E-state index in [1.807, 2.05) is 32.0 Å². The van der Waals surface area contributed by atoms with E-state index in [1.165, 1.54) is 12.0 Å². The second-order valence-corrected chi connectivity index (χ2v) is 9.75. The predicted molar refractivity (Wildman–Crippen MR) is 140 cm³/mol. The molecule has 0 radical (unpaired) electrons. The first-order valence-electron chi connectivity index (χ1n) is 10.4. The van der Waals surface area contributed by atoms with Crippen molar-refractivity contribution in [1.82, 2.24) is 4.90 Å². The van der Waals surface area contributed by atoms with Crippen molar-refractivity contribution < 1.29 is 29.0 Å². The molecule has 2 N–H and O–H groups in total. The Bertz CT molecular complexity index is 1230. The van der Waals surface area contributed by atoms with Crippen LogP contribution < -0.4 is 14.8 Å². The number of aryl methyl sites for hydroxylation is 2. The molecule has 1 aliphatic heterocycles. The summed E-state index contributed by atoms with van der Waals surface area (Å²) in [5.74, 6) is -1.28. The number of halogens is 1. The summed E-state index contributed by atoms with van der Waals surface area (Å²) in [6, 6.07) is 8.89. The molecule has 3 rings (SSSR count). The van der Waals surface area contributed by atoms with Gasteiger partial charge in [-0.25, -0.2) is 0 Å². The number of amides is 2. The van der Waals surface area contributed by atoms with Crippen molar-refractivity contribution in [2.75, 3.05) is 25.6 Å². The van der Waals surface area contributed by atoms with Crippen molar-refractivity contribution in [2.45, 2.75) is 20.3 Å². The van der Waals surface area contributed by atoms with Crippen LogP contribution in [0.15, 0.2) is 35.2 Å². The van der Waals surface area contributed by atoms with E-state index in [-0.39, 0.29) is 52.2 Å². The number of hydrogen-bond donors (Lipinski definition) is 2. The molecule has 2 aromatic carbocycles. The molecule has 0 aliphatic carbocycles. The summed E-state index contributed by atoms with van der Waals surface area (Å²) in [6.07, 6.45) is 1.38. The SMILES string of the molecule is COc1cc(/C=C2\SC(=S)N(CCC(=O)O)C2=O)cc(Cl)c1OCC(=O)Nc1ccc(C)cc1C. The van der Waals surface area contributed by atoms with Crippen LogP contribution in [0.25, 0.3) is 6.08 Å². The Morgan fingerprint density at radius 2 is 2.00 bits per heavy atom. The van der Waals surface area contributed by atoms with Crippen LogP contribution >= 0.6 is 35.6 Å². The number of benzene rings is 2. The van der Waals surface area contributed by atoms with Crippen LogP contribution in [0.4, 0.5) is 5.69 Å². The Morgan fingerprint density at radius 3 is 2.66 bits per heavy atom. The van der Waals surface area contributed by atoms with Crippen LogP contribution in [-0.4, -0.2) is 52.4 Å². The molecule has 1 aliphatic rings. The summed E-state index contributed by atoms with van der Waals surface area (Å²) in [5, 5.41) is 11.9. The lowest BCUT2D eigenvalue weighted by Gasteiger charge is -2.14. The number of thiocarbonyl (C=S) groups is 1. The molecule has 0 atom stereocenters. The van der Waals surface area contributed by atoms with E-state index in [0.717, 1.165) is 22.9 Å². The molecule has 1 fully saturated rings. The lowest BCUT2D eigenvalue weighted by atomic mass is 10.1. The molecule has 184 valence electrons. The highest BCUT2D eigenvalue weighted by atomic mass is 35.5. The Morgan fingerprint density at radius 1 is 1.26 bits per heavy atom. The van der Waals surface area contributed by atoms with Gasteiger partial charge in [-0.15, -0.1) is 0 Å². The Balaban J connectivity index is 1.72. The summed E-state index contributed by atoms with van der Waals surface area (Å²) < 4.78 is 11.3. The van der Waals surface area contributed by atoms with Gasteiger partial charge in [0.05, 0.1) is 23.5 Å². The second-order valence-electron chi connectivity index (χ2n) is 7.67. The maximum Gasteiger partial charge on any atom is 0.305 e. The highest BCUT2D eigenvalue weighted by Crippen LogP contribution is 2.39. The van der Waals surface area contributed by atoms with Gasteiger partial charge < -0.3 is 19.9 Å². The van der Waals surface area contributed by atoms with E-state index in [9.17, 15) is 14.4 Å². The third kappa shape index (κ3) is 6.74. The predicted octanol–water partition coefficient (Wildman–Crippen LogP) is 4.66. The Kier molecular flexibility index (Phi) is 8.76. The molecule has 0 saturated carbocycles. The molecule has 0 unspecified atom stereocenters. The molecule has 0 spiro atoms. The Hall–Kier alpha value is -3.08. The second kappa shape index (κ2) is 11.6. The third-order valence-electron chi connectivity index (χ3n) is 4.98. The molecule has 2 amide bonds. The topological polar surface area (TPSA) is 105 Å². The van der Waals surface area contributed by atoms with Gasteiger partial charge in [0.15, 0.2) is 18.1 Å². The maximum atomic E-state index is 12.6. The van der Waals surface area contributed by atoms with Gasteiger partial charge >= 0.3 is 5.97 Å². The number of nitrogens with zero attached hydrogens (tertiary/aromatic N) is 1. The zero-order chi connectivity index (χ0) is 25.7. The number of anilines is 1. The fourth-order valence-corrected chi connectivity index (χ4v) is 4.87. The minimum Gasteiger partial charge on any atom is -0.493 e. The van der Waals surface area contributed by atoms with Crippen LogP contribution in [0, 0.1) is 13.8 Å². The van der Waals surface area contributed by atoms with Crippen LogP contribution in [0.5, 0.6) is 11.5 Å². The monoisotopic (exact) mass is 534 g/mol. The molecule has 8 nitrogen and oxygen atoms in total. The van der Waals surface area contributed by atoms with E-state index in [2.05, 4.69) is 5.32 Å². The average Bonchev–Trinajstić information content (AvgIpc) is 3.05. The summed E-state index contributed by atoms with van der Waals surface area (Å²) in [7, 11) is 1.43. The van der Waals surface area contributed by atoms with Gasteiger partial charge in [0.25, 0.3) is 11.8 Å². The van der Waals surface area contributed by atoms with Crippen LogP contribution in [-0.2, 0) is 14.4 Å². The van der Waals surface area contributed by atoms with Crippen molar-refractivity contribution in [3.05, 3.63) is 56.9 Å². The molecule has 1 heterocycles. The number of rotatable bonds is 9. The number of nitrogens with one attached hydrogen (secondary N) is 1. The smallest absolute Gasteiger partial charge is 0.305 e. The summed E-state index contributed by atoms with van der Waals surface area (Å²) >= 11 is 12.7. The van der Waals surface area contributed by atoms with E-state index in [0.29, 0.717) is 16.2 Å². The van der Waals surface area contributed by atoms with Crippen LogP contribution in [0.2, 0.25) is 5.02 Å². The number of methoxy groups -OCH3 is 1. The third-order valence-corrected chi connectivity index (χ3v) is 6.63. The molecular formula is C24H23ClN2O6S2. The van der Waals surface area contributed by atoms with Gasteiger partial charge in [-0.05, 0) is 49.2 Å². The van der Waals surface area contributed by atoms with Crippen molar-refractivity contribution >= 4 is 69.4 Å². The zero-order valence-corrected chi connectivity index (χ0v) is 21.6. The first-order valence-corrected chi connectivity index (χ1v) is 12.0. The number of carboxylic acid groups (broad SMARTS) is 1. The minimum absolute atomic E-state index is 0.00161. The number of carboxylic acids is 1. The van der Waals surface area contributed by atoms with Gasteiger partial charge in [-0.2, -0.15) is 0 Å². The molecule has 0 aromatic heterocycles. The molecule has 11 heteroatoms. The van der Waals surface area contributed by atoms with Gasteiger partial charge in [-0.3, -0.25) is 19.3 Å². The normalized spacial score (nSPS) is 14.4. The fraction of sp³-hybridized carbons (Fsp3) is 0.250. The van der Waals surface area contributed by atoms with E-state index in [4.69, 9.17) is 38.4 Å². The lowest BCUT2D eigenvalue weighted by Crippen LogP contribution is -2.30. The number of carbonyl (C=O) groups is 3. The largest absolute Gasteiger partial charge is 0.493 e. The average molecular weight is 535 g/mol.